The van der Waals surface area contributed by atoms with Gasteiger partial charge in [0.25, 0.3) is 0 Å². The van der Waals surface area contributed by atoms with Crippen LogP contribution < -0.4 is 5.32 Å². The summed E-state index contributed by atoms with van der Waals surface area (Å²) in [4.78, 5) is 0. The maximum Gasteiger partial charge on any atom is 0.214 e. The van der Waals surface area contributed by atoms with Gasteiger partial charge in [-0.3, -0.25) is 0 Å². The lowest BCUT2D eigenvalue weighted by Crippen LogP contribution is -2.20. The number of nitrogens with zero attached hydrogens (tertiary/aromatic N) is 4. The highest BCUT2D eigenvalue weighted by Crippen LogP contribution is 2.19. The van der Waals surface area contributed by atoms with Crippen LogP contribution in [-0.2, 0) is 0 Å². The molecule has 0 spiro atoms. The second-order valence-electron chi connectivity index (χ2n) is 4.74. The van der Waals surface area contributed by atoms with Crippen molar-refractivity contribution in [2.75, 3.05) is 12.8 Å². The van der Waals surface area contributed by atoms with Crippen molar-refractivity contribution in [3.63, 3.8) is 0 Å². The van der Waals surface area contributed by atoms with E-state index in [2.05, 4.69) is 27.8 Å². The van der Waals surface area contributed by atoms with Gasteiger partial charge in [-0.2, -0.15) is 4.68 Å². The minimum Gasteiger partial charge on any atom is -0.317 e. The van der Waals surface area contributed by atoms with E-state index in [1.54, 1.807) is 16.4 Å². The van der Waals surface area contributed by atoms with Gasteiger partial charge in [0.15, 0.2) is 0 Å². The molecule has 0 radical (unpaired) electrons. The summed E-state index contributed by atoms with van der Waals surface area (Å²) in [6.07, 6.45) is 3.61. The quantitative estimate of drug-likeness (QED) is 0.598. The summed E-state index contributed by atoms with van der Waals surface area (Å²) in [6, 6.07) is 10.6. The lowest BCUT2D eigenvalue weighted by Gasteiger charge is -2.08. The number of benzene rings is 1. The third kappa shape index (κ3) is 4.31. The van der Waals surface area contributed by atoms with Crippen LogP contribution in [0.25, 0.3) is 5.69 Å². The molecule has 0 amide bonds. The Hall–Kier alpha value is -1.40. The number of para-hydroxylation sites is 1. The number of tetrazole rings is 1. The molecule has 1 atom stereocenters. The van der Waals surface area contributed by atoms with Crippen LogP contribution in [0.15, 0.2) is 35.5 Å². The largest absolute Gasteiger partial charge is 0.317 e. The Morgan fingerprint density at radius 1 is 1.25 bits per heavy atom. The third-order valence-corrected chi connectivity index (χ3v) is 4.20. The smallest absolute Gasteiger partial charge is 0.214 e. The number of nitrogens with one attached hydrogen (secondary N) is 1. The third-order valence-electron chi connectivity index (χ3n) is 3.20. The predicted molar refractivity (Wildman–Crippen MR) is 82.3 cm³/mol. The van der Waals surface area contributed by atoms with E-state index >= 15 is 0 Å². The molecule has 0 saturated heterocycles. The van der Waals surface area contributed by atoms with Crippen LogP contribution in [0.2, 0.25) is 0 Å². The van der Waals surface area contributed by atoms with E-state index in [9.17, 15) is 0 Å². The normalized spacial score (nSPS) is 12.5. The van der Waals surface area contributed by atoms with Crippen LogP contribution in [0.4, 0.5) is 0 Å². The lowest BCUT2D eigenvalue weighted by atomic mass is 10.1. The molecule has 1 unspecified atom stereocenters. The van der Waals surface area contributed by atoms with Crippen molar-refractivity contribution in [3.8, 4) is 5.69 Å². The molecule has 1 aromatic heterocycles. The molecule has 0 aliphatic heterocycles. The molecule has 0 fully saturated rings. The highest BCUT2D eigenvalue weighted by atomic mass is 32.2. The van der Waals surface area contributed by atoms with E-state index in [1.165, 1.54) is 19.3 Å². The summed E-state index contributed by atoms with van der Waals surface area (Å²) in [7, 11) is 2.01. The van der Waals surface area contributed by atoms with Crippen molar-refractivity contribution in [3.05, 3.63) is 30.3 Å². The SMILES string of the molecule is CNC(C)CCCCSc1nnnn1-c1ccccc1. The first kappa shape index (κ1) is 15.0. The maximum atomic E-state index is 4.09. The van der Waals surface area contributed by atoms with Gasteiger partial charge in [-0.15, -0.1) is 5.10 Å². The Kier molecular flexibility index (Phi) is 6.01. The molecule has 0 aliphatic rings. The summed E-state index contributed by atoms with van der Waals surface area (Å²) in [5.41, 5.74) is 1.00. The molecule has 1 N–H and O–H groups in total. The molecule has 20 heavy (non-hydrogen) atoms. The first-order valence-corrected chi connectivity index (χ1v) is 7.93. The number of rotatable bonds is 8. The van der Waals surface area contributed by atoms with Gasteiger partial charge < -0.3 is 5.32 Å². The van der Waals surface area contributed by atoms with Crippen molar-refractivity contribution in [1.29, 1.82) is 0 Å². The molecule has 0 aliphatic carbocycles. The second-order valence-corrected chi connectivity index (χ2v) is 5.80. The molecule has 0 saturated carbocycles. The standard InChI is InChI=1S/C14H21N5S/c1-12(15-2)8-6-7-11-20-14-16-17-18-19(14)13-9-4-3-5-10-13/h3-5,9-10,12,15H,6-8,11H2,1-2H3. The Bertz CT molecular complexity index is 499. The number of hydrogen-bond acceptors (Lipinski definition) is 5. The molecule has 0 bridgehead atoms. The number of thioether (sulfide) groups is 1. The zero-order chi connectivity index (χ0) is 14.2. The van der Waals surface area contributed by atoms with Gasteiger partial charge in [-0.05, 0) is 49.4 Å². The minimum atomic E-state index is 0.592. The zero-order valence-corrected chi connectivity index (χ0v) is 12.8. The highest BCUT2D eigenvalue weighted by molar-refractivity contribution is 7.99. The van der Waals surface area contributed by atoms with Crippen LogP contribution in [0.3, 0.4) is 0 Å². The van der Waals surface area contributed by atoms with Gasteiger partial charge in [-0.1, -0.05) is 36.4 Å². The van der Waals surface area contributed by atoms with Gasteiger partial charge >= 0.3 is 0 Å². The summed E-state index contributed by atoms with van der Waals surface area (Å²) in [5.74, 6) is 1.05. The van der Waals surface area contributed by atoms with E-state index in [0.717, 1.165) is 16.6 Å². The van der Waals surface area contributed by atoms with E-state index in [1.807, 2.05) is 37.4 Å². The lowest BCUT2D eigenvalue weighted by molar-refractivity contribution is 0.538. The number of unbranched alkanes of at least 4 members (excludes halogenated alkanes) is 1. The van der Waals surface area contributed by atoms with E-state index in [0.29, 0.717) is 6.04 Å². The molecule has 2 aromatic rings. The molecule has 108 valence electrons. The van der Waals surface area contributed by atoms with Gasteiger partial charge in [-0.25, -0.2) is 0 Å². The summed E-state index contributed by atoms with van der Waals surface area (Å²) < 4.78 is 1.79. The fraction of sp³-hybridized carbons (Fsp3) is 0.500. The van der Waals surface area contributed by atoms with Crippen LogP contribution >= 0.6 is 11.8 Å². The first-order valence-electron chi connectivity index (χ1n) is 6.95. The predicted octanol–water partition coefficient (Wildman–Crippen LogP) is 2.53. The Balaban J connectivity index is 1.81. The van der Waals surface area contributed by atoms with Gasteiger partial charge in [0, 0.05) is 11.8 Å². The Labute approximate surface area is 124 Å². The molecular formula is C14H21N5S. The highest BCUT2D eigenvalue weighted by Gasteiger charge is 2.08. The average Bonchev–Trinajstić information content (AvgIpc) is 2.96. The summed E-state index contributed by atoms with van der Waals surface area (Å²) >= 11 is 1.71. The van der Waals surface area contributed by atoms with Gasteiger partial charge in [0.2, 0.25) is 5.16 Å². The minimum absolute atomic E-state index is 0.592. The van der Waals surface area contributed by atoms with Crippen LogP contribution in [0.5, 0.6) is 0 Å². The Morgan fingerprint density at radius 2 is 2.05 bits per heavy atom. The van der Waals surface area contributed by atoms with Crippen LogP contribution in [-0.4, -0.2) is 39.0 Å². The van der Waals surface area contributed by atoms with E-state index < -0.39 is 0 Å². The van der Waals surface area contributed by atoms with Crippen molar-refractivity contribution < 1.29 is 0 Å². The van der Waals surface area contributed by atoms with Crippen LogP contribution in [0.1, 0.15) is 26.2 Å². The fourth-order valence-electron chi connectivity index (χ4n) is 1.86. The van der Waals surface area contributed by atoms with Gasteiger partial charge in [0.1, 0.15) is 0 Å². The molecule has 5 nitrogen and oxygen atoms in total. The van der Waals surface area contributed by atoms with Crippen molar-refractivity contribution in [2.24, 2.45) is 0 Å². The van der Waals surface area contributed by atoms with Crippen molar-refractivity contribution in [2.45, 2.75) is 37.4 Å². The molecule has 1 heterocycles. The van der Waals surface area contributed by atoms with E-state index in [4.69, 9.17) is 0 Å². The fourth-order valence-corrected chi connectivity index (χ4v) is 2.75. The zero-order valence-electron chi connectivity index (χ0n) is 12.0. The van der Waals surface area contributed by atoms with Crippen LogP contribution in [0, 0.1) is 0 Å². The average molecular weight is 291 g/mol. The maximum absolute atomic E-state index is 4.09. The topological polar surface area (TPSA) is 55.6 Å². The van der Waals surface area contributed by atoms with Crippen molar-refractivity contribution >= 4 is 11.8 Å². The van der Waals surface area contributed by atoms with Gasteiger partial charge in [0.05, 0.1) is 5.69 Å². The summed E-state index contributed by atoms with van der Waals surface area (Å²) in [6.45, 7) is 2.21. The second kappa shape index (κ2) is 8.01. The monoisotopic (exact) mass is 291 g/mol. The number of hydrogen-bond donors (Lipinski definition) is 1. The number of aromatic nitrogens is 4. The Morgan fingerprint density at radius 3 is 2.80 bits per heavy atom. The molecular weight excluding hydrogens is 270 g/mol. The van der Waals surface area contributed by atoms with Crippen molar-refractivity contribution in [1.82, 2.24) is 25.5 Å². The van der Waals surface area contributed by atoms with E-state index in [-0.39, 0.29) is 0 Å². The molecule has 2 rings (SSSR count). The first-order chi connectivity index (χ1) is 9.81. The molecule has 6 heteroatoms. The molecule has 1 aromatic carbocycles. The summed E-state index contributed by atoms with van der Waals surface area (Å²) in [5, 5.41) is 16.0.